The lowest BCUT2D eigenvalue weighted by atomic mass is 10.3. The molecule has 0 aliphatic heterocycles. The Morgan fingerprint density at radius 1 is 0.957 bits per heavy atom. The van der Waals surface area contributed by atoms with Gasteiger partial charge < -0.3 is 10.2 Å². The Morgan fingerprint density at radius 2 is 1.65 bits per heavy atom. The fourth-order valence-electron chi connectivity index (χ4n) is 2.22. The Morgan fingerprint density at radius 3 is 2.35 bits per heavy atom. The second-order valence-corrected chi connectivity index (χ2v) is 5.66. The molecule has 4 nitrogen and oxygen atoms in total. The highest BCUT2D eigenvalue weighted by Gasteiger charge is 2.09. The SMILES string of the molecule is Cc1cc(Nc2ccc(Cl)cc2)nc(N(C)c2ccccc2)n1. The highest BCUT2D eigenvalue weighted by atomic mass is 35.5. The Hall–Kier alpha value is -2.59. The molecule has 0 radical (unpaired) electrons. The van der Waals surface area contributed by atoms with Crippen LogP contribution in [0.5, 0.6) is 0 Å². The van der Waals surface area contributed by atoms with Crippen molar-refractivity contribution in [2.24, 2.45) is 0 Å². The molecule has 3 rings (SSSR count). The van der Waals surface area contributed by atoms with Crippen molar-refractivity contribution in [1.29, 1.82) is 0 Å². The first kappa shape index (κ1) is 15.3. The van der Waals surface area contributed by atoms with Crippen molar-refractivity contribution in [2.45, 2.75) is 6.92 Å². The molecular weight excluding hydrogens is 308 g/mol. The number of aryl methyl sites for hydroxylation is 1. The average molecular weight is 325 g/mol. The number of halogens is 1. The zero-order valence-electron chi connectivity index (χ0n) is 13.0. The number of nitrogens with one attached hydrogen (secondary N) is 1. The molecule has 0 fully saturated rings. The predicted molar refractivity (Wildman–Crippen MR) is 96.0 cm³/mol. The highest BCUT2D eigenvalue weighted by Crippen LogP contribution is 2.23. The van der Waals surface area contributed by atoms with E-state index < -0.39 is 0 Å². The molecule has 1 N–H and O–H groups in total. The van der Waals surface area contributed by atoms with Crippen LogP contribution in [-0.4, -0.2) is 17.0 Å². The van der Waals surface area contributed by atoms with Crippen LogP contribution in [0.3, 0.4) is 0 Å². The maximum Gasteiger partial charge on any atom is 0.231 e. The molecule has 116 valence electrons. The summed E-state index contributed by atoms with van der Waals surface area (Å²) in [5.41, 5.74) is 2.87. The Labute approximate surface area is 140 Å². The molecule has 23 heavy (non-hydrogen) atoms. The van der Waals surface area contributed by atoms with Crippen molar-refractivity contribution in [1.82, 2.24) is 9.97 Å². The quantitative estimate of drug-likeness (QED) is 0.737. The second kappa shape index (κ2) is 6.67. The highest BCUT2D eigenvalue weighted by molar-refractivity contribution is 6.30. The molecule has 0 amide bonds. The van der Waals surface area contributed by atoms with Crippen molar-refractivity contribution >= 4 is 34.7 Å². The minimum Gasteiger partial charge on any atom is -0.340 e. The van der Waals surface area contributed by atoms with Crippen molar-refractivity contribution in [2.75, 3.05) is 17.3 Å². The number of hydrogen-bond acceptors (Lipinski definition) is 4. The van der Waals surface area contributed by atoms with E-state index in [4.69, 9.17) is 11.6 Å². The fourth-order valence-corrected chi connectivity index (χ4v) is 2.34. The van der Waals surface area contributed by atoms with E-state index in [1.807, 2.05) is 79.5 Å². The van der Waals surface area contributed by atoms with Crippen molar-refractivity contribution in [3.05, 3.63) is 71.4 Å². The molecule has 1 heterocycles. The summed E-state index contributed by atoms with van der Waals surface area (Å²) >= 11 is 5.91. The fraction of sp³-hybridized carbons (Fsp3) is 0.111. The van der Waals surface area contributed by atoms with E-state index in [1.165, 1.54) is 0 Å². The number of nitrogens with zero attached hydrogens (tertiary/aromatic N) is 3. The Kier molecular flexibility index (Phi) is 4.44. The third kappa shape index (κ3) is 3.79. The molecule has 0 atom stereocenters. The van der Waals surface area contributed by atoms with Gasteiger partial charge in [0.25, 0.3) is 0 Å². The molecule has 0 aliphatic carbocycles. The summed E-state index contributed by atoms with van der Waals surface area (Å²) in [6, 6.07) is 19.5. The lowest BCUT2D eigenvalue weighted by Crippen LogP contribution is -2.14. The molecule has 0 aliphatic rings. The van der Waals surface area contributed by atoms with E-state index in [1.54, 1.807) is 0 Å². The largest absolute Gasteiger partial charge is 0.340 e. The zero-order valence-corrected chi connectivity index (χ0v) is 13.7. The van der Waals surface area contributed by atoms with Gasteiger partial charge in [-0.3, -0.25) is 0 Å². The van der Waals surface area contributed by atoms with E-state index in [2.05, 4.69) is 15.3 Å². The van der Waals surface area contributed by atoms with Crippen molar-refractivity contribution in [3.8, 4) is 0 Å². The van der Waals surface area contributed by atoms with Gasteiger partial charge in [0.05, 0.1) is 0 Å². The standard InChI is InChI=1S/C18H17ClN4/c1-13-12-17(21-15-10-8-14(19)9-11-15)22-18(20-13)23(2)16-6-4-3-5-7-16/h3-12H,1-2H3,(H,20,21,22). The monoisotopic (exact) mass is 324 g/mol. The Bertz CT molecular complexity index is 788. The molecule has 0 unspecified atom stereocenters. The van der Waals surface area contributed by atoms with Crippen LogP contribution in [-0.2, 0) is 0 Å². The zero-order chi connectivity index (χ0) is 16.2. The van der Waals surface area contributed by atoms with Crippen LogP contribution in [0.2, 0.25) is 5.02 Å². The van der Waals surface area contributed by atoms with E-state index >= 15 is 0 Å². The third-order valence-corrected chi connectivity index (χ3v) is 3.65. The minimum absolute atomic E-state index is 0.646. The van der Waals surface area contributed by atoms with E-state index in [0.29, 0.717) is 11.0 Å². The Balaban J connectivity index is 1.88. The molecule has 2 aromatic carbocycles. The average Bonchev–Trinajstić information content (AvgIpc) is 2.56. The van der Waals surface area contributed by atoms with Crippen LogP contribution in [0.4, 0.5) is 23.1 Å². The minimum atomic E-state index is 0.646. The first-order chi connectivity index (χ1) is 11.1. The van der Waals surface area contributed by atoms with Gasteiger partial charge in [-0.2, -0.15) is 4.98 Å². The predicted octanol–water partition coefficient (Wildman–Crippen LogP) is 4.95. The molecule has 1 aromatic heterocycles. The van der Waals surface area contributed by atoms with Gasteiger partial charge >= 0.3 is 0 Å². The number of hydrogen-bond donors (Lipinski definition) is 1. The maximum absolute atomic E-state index is 5.91. The van der Waals surface area contributed by atoms with Gasteiger partial charge in [0.15, 0.2) is 0 Å². The first-order valence-corrected chi connectivity index (χ1v) is 7.67. The van der Waals surface area contributed by atoms with Crippen LogP contribution < -0.4 is 10.2 Å². The number of aromatic nitrogens is 2. The molecule has 0 saturated heterocycles. The van der Waals surface area contributed by atoms with Gasteiger partial charge in [0.2, 0.25) is 5.95 Å². The van der Waals surface area contributed by atoms with Gasteiger partial charge in [0.1, 0.15) is 5.82 Å². The van der Waals surface area contributed by atoms with Gasteiger partial charge in [-0.15, -0.1) is 0 Å². The molecule has 0 bridgehead atoms. The molecule has 0 saturated carbocycles. The third-order valence-electron chi connectivity index (χ3n) is 3.40. The van der Waals surface area contributed by atoms with E-state index in [9.17, 15) is 0 Å². The molecule has 0 spiro atoms. The number of para-hydroxylation sites is 1. The summed E-state index contributed by atoms with van der Waals surface area (Å²) in [5.74, 6) is 1.39. The van der Waals surface area contributed by atoms with Gasteiger partial charge in [-0.25, -0.2) is 4.98 Å². The smallest absolute Gasteiger partial charge is 0.231 e. The first-order valence-electron chi connectivity index (χ1n) is 7.29. The number of anilines is 4. The van der Waals surface area contributed by atoms with Gasteiger partial charge in [0, 0.05) is 35.2 Å². The summed E-state index contributed by atoms with van der Waals surface area (Å²) in [7, 11) is 1.95. The summed E-state index contributed by atoms with van der Waals surface area (Å²) < 4.78 is 0. The second-order valence-electron chi connectivity index (χ2n) is 5.22. The van der Waals surface area contributed by atoms with Crippen LogP contribution in [0, 0.1) is 6.92 Å². The lowest BCUT2D eigenvalue weighted by Gasteiger charge is -2.18. The summed E-state index contributed by atoms with van der Waals surface area (Å²) in [6.07, 6.45) is 0. The normalized spacial score (nSPS) is 10.4. The van der Waals surface area contributed by atoms with Crippen LogP contribution >= 0.6 is 11.6 Å². The van der Waals surface area contributed by atoms with E-state index in [0.717, 1.165) is 22.9 Å². The van der Waals surface area contributed by atoms with Crippen molar-refractivity contribution in [3.63, 3.8) is 0 Å². The lowest BCUT2D eigenvalue weighted by molar-refractivity contribution is 1.02. The summed E-state index contributed by atoms with van der Waals surface area (Å²) in [5, 5.41) is 3.99. The number of benzene rings is 2. The molecule has 3 aromatic rings. The van der Waals surface area contributed by atoms with Gasteiger partial charge in [-0.05, 0) is 43.3 Å². The van der Waals surface area contributed by atoms with Crippen molar-refractivity contribution < 1.29 is 0 Å². The number of rotatable bonds is 4. The summed E-state index contributed by atoms with van der Waals surface area (Å²) in [4.78, 5) is 11.1. The van der Waals surface area contributed by atoms with Crippen LogP contribution in [0.15, 0.2) is 60.7 Å². The van der Waals surface area contributed by atoms with Gasteiger partial charge in [-0.1, -0.05) is 29.8 Å². The van der Waals surface area contributed by atoms with Crippen LogP contribution in [0.1, 0.15) is 5.69 Å². The maximum atomic E-state index is 5.91. The van der Waals surface area contributed by atoms with Crippen LogP contribution in [0.25, 0.3) is 0 Å². The van der Waals surface area contributed by atoms with E-state index in [-0.39, 0.29) is 0 Å². The molecular formula is C18H17ClN4. The topological polar surface area (TPSA) is 41.1 Å². The molecule has 5 heteroatoms. The summed E-state index contributed by atoms with van der Waals surface area (Å²) in [6.45, 7) is 1.96.